The van der Waals surface area contributed by atoms with Gasteiger partial charge in [-0.2, -0.15) is 0 Å². The summed E-state index contributed by atoms with van der Waals surface area (Å²) in [6.07, 6.45) is 0.948. The van der Waals surface area contributed by atoms with E-state index < -0.39 is 21.7 Å². The molecule has 1 aliphatic heterocycles. The smallest absolute Gasteiger partial charge is 0.264 e. The molecule has 0 N–H and O–H groups in total. The highest BCUT2D eigenvalue weighted by Gasteiger charge is 2.32. The summed E-state index contributed by atoms with van der Waals surface area (Å²) in [5, 5.41) is 0. The number of rotatable bonds is 3. The fourth-order valence-electron chi connectivity index (χ4n) is 2.73. The average molecular weight is 339 g/mol. The molecule has 7 heteroatoms. The molecule has 4 nitrogen and oxygen atoms in total. The molecule has 0 radical (unpaired) electrons. The highest BCUT2D eigenvalue weighted by molar-refractivity contribution is 7.92. The van der Waals surface area contributed by atoms with E-state index in [4.69, 9.17) is 4.74 Å². The van der Waals surface area contributed by atoms with Gasteiger partial charge in [-0.25, -0.2) is 17.2 Å². The Labute approximate surface area is 133 Å². The van der Waals surface area contributed by atoms with E-state index in [1.165, 1.54) is 37.4 Å². The van der Waals surface area contributed by atoms with Crippen molar-refractivity contribution >= 4 is 15.7 Å². The molecule has 0 amide bonds. The van der Waals surface area contributed by atoms with Gasteiger partial charge < -0.3 is 4.74 Å². The number of ether oxygens (including phenoxy) is 1. The molecular formula is C16H15F2NO3S. The number of methoxy groups -OCH3 is 1. The maximum Gasteiger partial charge on any atom is 0.264 e. The van der Waals surface area contributed by atoms with Gasteiger partial charge in [-0.1, -0.05) is 0 Å². The summed E-state index contributed by atoms with van der Waals surface area (Å²) in [5.74, 6) is -1.04. The number of anilines is 1. The zero-order valence-electron chi connectivity index (χ0n) is 12.4. The first-order valence-corrected chi connectivity index (χ1v) is 8.52. The van der Waals surface area contributed by atoms with Gasteiger partial charge in [0.25, 0.3) is 10.0 Å². The molecule has 0 aromatic heterocycles. The third-order valence-electron chi connectivity index (χ3n) is 3.81. The molecule has 0 bridgehead atoms. The van der Waals surface area contributed by atoms with Gasteiger partial charge >= 0.3 is 0 Å². The molecule has 0 aliphatic carbocycles. The first-order chi connectivity index (χ1) is 10.9. The summed E-state index contributed by atoms with van der Waals surface area (Å²) in [4.78, 5) is 0.0369. The zero-order valence-corrected chi connectivity index (χ0v) is 13.2. The summed E-state index contributed by atoms with van der Waals surface area (Å²) in [6, 6.07) is 7.76. The van der Waals surface area contributed by atoms with Gasteiger partial charge in [0.2, 0.25) is 0 Å². The van der Waals surface area contributed by atoms with Crippen LogP contribution in [0.1, 0.15) is 12.0 Å². The SMILES string of the molecule is COc1ccc(S(=O)(=O)N2CCCc3cc(F)cc(F)c32)cc1. The maximum absolute atomic E-state index is 14.2. The molecule has 3 rings (SSSR count). The fourth-order valence-corrected chi connectivity index (χ4v) is 4.28. The van der Waals surface area contributed by atoms with Gasteiger partial charge in [-0.05, 0) is 48.7 Å². The van der Waals surface area contributed by atoms with Crippen LogP contribution in [0, 0.1) is 11.6 Å². The number of nitrogens with zero attached hydrogens (tertiary/aromatic N) is 1. The van der Waals surface area contributed by atoms with Crippen molar-refractivity contribution < 1.29 is 21.9 Å². The van der Waals surface area contributed by atoms with Crippen LogP contribution in [-0.2, 0) is 16.4 Å². The number of hydrogen-bond acceptors (Lipinski definition) is 3. The van der Waals surface area contributed by atoms with Gasteiger partial charge in [0, 0.05) is 12.6 Å². The lowest BCUT2D eigenvalue weighted by Crippen LogP contribution is -2.36. The molecule has 0 spiro atoms. The molecule has 0 atom stereocenters. The van der Waals surface area contributed by atoms with Gasteiger partial charge in [0.1, 0.15) is 11.6 Å². The van der Waals surface area contributed by atoms with Crippen molar-refractivity contribution in [2.24, 2.45) is 0 Å². The molecule has 23 heavy (non-hydrogen) atoms. The molecule has 0 saturated heterocycles. The van der Waals surface area contributed by atoms with Crippen LogP contribution >= 0.6 is 0 Å². The van der Waals surface area contributed by atoms with E-state index in [9.17, 15) is 17.2 Å². The number of benzene rings is 2. The Hall–Kier alpha value is -2.15. The largest absolute Gasteiger partial charge is 0.497 e. The van der Waals surface area contributed by atoms with Crippen LogP contribution in [0.2, 0.25) is 0 Å². The average Bonchev–Trinajstić information content (AvgIpc) is 2.54. The lowest BCUT2D eigenvalue weighted by atomic mass is 10.0. The second-order valence-electron chi connectivity index (χ2n) is 5.25. The van der Waals surface area contributed by atoms with Gasteiger partial charge in [0.15, 0.2) is 5.82 Å². The third kappa shape index (κ3) is 2.76. The van der Waals surface area contributed by atoms with Gasteiger partial charge in [-0.3, -0.25) is 4.31 Å². The van der Waals surface area contributed by atoms with Crippen molar-refractivity contribution in [1.82, 2.24) is 0 Å². The van der Waals surface area contributed by atoms with Crippen molar-refractivity contribution in [3.8, 4) is 5.75 Å². The van der Waals surface area contributed by atoms with Crippen LogP contribution in [0.5, 0.6) is 5.75 Å². The molecular weight excluding hydrogens is 324 g/mol. The summed E-state index contributed by atoms with van der Waals surface area (Å²) in [6.45, 7) is 0.157. The monoisotopic (exact) mass is 339 g/mol. The minimum absolute atomic E-state index is 0.0369. The maximum atomic E-state index is 14.2. The minimum atomic E-state index is -3.92. The van der Waals surface area contributed by atoms with Crippen molar-refractivity contribution in [2.45, 2.75) is 17.7 Å². The Morgan fingerprint density at radius 3 is 2.48 bits per heavy atom. The molecule has 1 aliphatic rings. The number of fused-ring (bicyclic) bond motifs is 1. The summed E-state index contributed by atoms with van der Waals surface area (Å²) < 4.78 is 59.2. The van der Waals surface area contributed by atoms with Crippen LogP contribution in [-0.4, -0.2) is 22.1 Å². The molecule has 0 fully saturated rings. The first-order valence-electron chi connectivity index (χ1n) is 7.08. The predicted octanol–water partition coefficient (Wildman–Crippen LogP) is 3.11. The van der Waals surface area contributed by atoms with Crippen molar-refractivity contribution in [1.29, 1.82) is 0 Å². The summed E-state index contributed by atoms with van der Waals surface area (Å²) >= 11 is 0. The van der Waals surface area contributed by atoms with E-state index >= 15 is 0 Å². The Morgan fingerprint density at radius 1 is 1.13 bits per heavy atom. The molecule has 2 aromatic carbocycles. The zero-order chi connectivity index (χ0) is 16.6. The lowest BCUT2D eigenvalue weighted by molar-refractivity contribution is 0.414. The third-order valence-corrected chi connectivity index (χ3v) is 5.62. The standard InChI is InChI=1S/C16H15F2NO3S/c1-22-13-4-6-14(7-5-13)23(20,21)19-8-2-3-11-9-12(17)10-15(18)16(11)19/h4-7,9-10H,2-3,8H2,1H3. The van der Waals surface area contributed by atoms with Crippen LogP contribution in [0.4, 0.5) is 14.5 Å². The van der Waals surface area contributed by atoms with Crippen molar-refractivity contribution in [2.75, 3.05) is 18.0 Å². The molecule has 1 heterocycles. The topological polar surface area (TPSA) is 46.6 Å². The summed E-state index contributed by atoms with van der Waals surface area (Å²) in [5.41, 5.74) is 0.305. The highest BCUT2D eigenvalue weighted by Crippen LogP contribution is 2.35. The molecule has 2 aromatic rings. The van der Waals surface area contributed by atoms with Gasteiger partial charge in [-0.15, -0.1) is 0 Å². The predicted molar refractivity (Wildman–Crippen MR) is 82.2 cm³/mol. The Balaban J connectivity index is 2.08. The van der Waals surface area contributed by atoms with Crippen LogP contribution in [0.3, 0.4) is 0 Å². The highest BCUT2D eigenvalue weighted by atomic mass is 32.2. The number of halogens is 2. The Morgan fingerprint density at radius 2 is 1.83 bits per heavy atom. The van der Waals surface area contributed by atoms with E-state index in [0.717, 1.165) is 4.31 Å². The molecule has 0 saturated carbocycles. The Kier molecular flexibility index (Phi) is 3.97. The minimum Gasteiger partial charge on any atom is -0.497 e. The van der Waals surface area contributed by atoms with E-state index in [0.29, 0.717) is 30.2 Å². The van der Waals surface area contributed by atoms with Crippen LogP contribution < -0.4 is 9.04 Å². The number of aryl methyl sites for hydroxylation is 1. The molecule has 122 valence electrons. The van der Waals surface area contributed by atoms with Crippen LogP contribution in [0.25, 0.3) is 0 Å². The lowest BCUT2D eigenvalue weighted by Gasteiger charge is -2.30. The molecule has 0 unspecified atom stereocenters. The van der Waals surface area contributed by atoms with Crippen LogP contribution in [0.15, 0.2) is 41.3 Å². The van der Waals surface area contributed by atoms with E-state index in [-0.39, 0.29) is 17.1 Å². The fraction of sp³-hybridized carbons (Fsp3) is 0.250. The summed E-state index contributed by atoms with van der Waals surface area (Å²) in [7, 11) is -2.44. The normalized spacial score (nSPS) is 14.5. The van der Waals surface area contributed by atoms with E-state index in [1.54, 1.807) is 0 Å². The number of hydrogen-bond donors (Lipinski definition) is 0. The first kappa shape index (κ1) is 15.7. The van der Waals surface area contributed by atoms with E-state index in [1.807, 2.05) is 0 Å². The van der Waals surface area contributed by atoms with Crippen molar-refractivity contribution in [3.63, 3.8) is 0 Å². The quantitative estimate of drug-likeness (QED) is 0.863. The second kappa shape index (κ2) is 5.81. The number of sulfonamides is 1. The van der Waals surface area contributed by atoms with E-state index in [2.05, 4.69) is 0 Å². The second-order valence-corrected chi connectivity index (χ2v) is 7.11. The van der Waals surface area contributed by atoms with Crippen molar-refractivity contribution in [3.05, 3.63) is 53.6 Å². The Bertz CT molecular complexity index is 835. The van der Waals surface area contributed by atoms with Gasteiger partial charge in [0.05, 0.1) is 17.7 Å².